The van der Waals surface area contributed by atoms with Crippen LogP contribution in [0, 0.1) is 19.7 Å². The SMILES string of the molecule is Cc1cn2nc(-c3nc(-n4ccc(C5CC5)nc4=O)c(-c4ccc(Cl)c(F)c4)o3)cc2c(C)n1. The summed E-state index contributed by atoms with van der Waals surface area (Å²) in [4.78, 5) is 26.2. The maximum atomic E-state index is 14.3. The lowest BCUT2D eigenvalue weighted by Gasteiger charge is -2.05. The molecule has 0 aliphatic heterocycles. The number of benzene rings is 1. The molecule has 1 fully saturated rings. The highest BCUT2D eigenvalue weighted by molar-refractivity contribution is 6.30. The third-order valence-electron chi connectivity index (χ3n) is 5.82. The maximum absolute atomic E-state index is 14.3. The van der Waals surface area contributed by atoms with Gasteiger partial charge in [0.25, 0.3) is 0 Å². The summed E-state index contributed by atoms with van der Waals surface area (Å²) in [5, 5.41) is 4.55. The van der Waals surface area contributed by atoms with Crippen molar-refractivity contribution in [3.8, 4) is 28.7 Å². The van der Waals surface area contributed by atoms with Gasteiger partial charge in [-0.25, -0.2) is 18.3 Å². The van der Waals surface area contributed by atoms with E-state index in [-0.39, 0.29) is 22.5 Å². The molecule has 1 aliphatic carbocycles. The molecule has 1 saturated carbocycles. The van der Waals surface area contributed by atoms with E-state index in [0.717, 1.165) is 35.4 Å². The van der Waals surface area contributed by atoms with Crippen LogP contribution in [0.3, 0.4) is 0 Å². The summed E-state index contributed by atoms with van der Waals surface area (Å²) in [5.41, 5.74) is 3.54. The number of fused-ring (bicyclic) bond motifs is 1. The second-order valence-corrected chi connectivity index (χ2v) is 8.81. The molecule has 0 unspecified atom stereocenters. The van der Waals surface area contributed by atoms with E-state index in [4.69, 9.17) is 16.0 Å². The quantitative estimate of drug-likeness (QED) is 0.367. The summed E-state index contributed by atoms with van der Waals surface area (Å²) in [5.74, 6) is 0.302. The Morgan fingerprint density at radius 3 is 2.68 bits per heavy atom. The van der Waals surface area contributed by atoms with Crippen molar-refractivity contribution in [1.82, 2.24) is 29.1 Å². The second-order valence-electron chi connectivity index (χ2n) is 8.41. The first-order valence-corrected chi connectivity index (χ1v) is 11.2. The van der Waals surface area contributed by atoms with Crippen LogP contribution in [0.5, 0.6) is 0 Å². The third-order valence-corrected chi connectivity index (χ3v) is 6.13. The van der Waals surface area contributed by atoms with Gasteiger partial charge in [-0.2, -0.15) is 15.1 Å². The lowest BCUT2D eigenvalue weighted by Crippen LogP contribution is -2.22. The van der Waals surface area contributed by atoms with E-state index >= 15 is 0 Å². The molecule has 4 heterocycles. The van der Waals surface area contributed by atoms with Crippen LogP contribution in [0.15, 0.2) is 51.9 Å². The van der Waals surface area contributed by atoms with E-state index in [0.29, 0.717) is 17.2 Å². The zero-order valence-corrected chi connectivity index (χ0v) is 19.0. The van der Waals surface area contributed by atoms with Gasteiger partial charge in [-0.3, -0.25) is 4.98 Å². The Balaban J connectivity index is 1.55. The van der Waals surface area contributed by atoms with Crippen LogP contribution in [0.2, 0.25) is 5.02 Å². The first kappa shape index (κ1) is 20.7. The van der Waals surface area contributed by atoms with Gasteiger partial charge in [0.15, 0.2) is 11.6 Å². The molecule has 0 atom stereocenters. The Morgan fingerprint density at radius 2 is 1.94 bits per heavy atom. The third kappa shape index (κ3) is 3.49. The summed E-state index contributed by atoms with van der Waals surface area (Å²) in [6.07, 6.45) is 5.49. The van der Waals surface area contributed by atoms with E-state index in [1.165, 1.54) is 16.7 Å². The van der Waals surface area contributed by atoms with E-state index in [2.05, 4.69) is 20.1 Å². The number of halogens is 2. The molecule has 8 nitrogen and oxygen atoms in total. The molecular weight excluding hydrogens is 459 g/mol. The minimum atomic E-state index is -0.609. The van der Waals surface area contributed by atoms with Crippen molar-refractivity contribution in [3.63, 3.8) is 0 Å². The molecule has 1 aliphatic rings. The average Bonchev–Trinajstić information content (AvgIpc) is 3.41. The maximum Gasteiger partial charge on any atom is 0.353 e. The van der Waals surface area contributed by atoms with Crippen molar-refractivity contribution < 1.29 is 8.81 Å². The largest absolute Gasteiger partial charge is 0.432 e. The van der Waals surface area contributed by atoms with Crippen molar-refractivity contribution in [1.29, 1.82) is 0 Å². The van der Waals surface area contributed by atoms with Gasteiger partial charge in [0, 0.05) is 17.7 Å². The number of nitrogens with zero attached hydrogens (tertiary/aromatic N) is 6. The summed E-state index contributed by atoms with van der Waals surface area (Å²) in [6.45, 7) is 3.78. The molecule has 1 aromatic carbocycles. The van der Waals surface area contributed by atoms with Crippen LogP contribution in [-0.4, -0.2) is 29.1 Å². The number of hydrogen-bond donors (Lipinski definition) is 0. The smallest absolute Gasteiger partial charge is 0.353 e. The fourth-order valence-electron chi connectivity index (χ4n) is 3.99. The Hall–Kier alpha value is -3.85. The van der Waals surface area contributed by atoms with Crippen LogP contribution in [-0.2, 0) is 0 Å². The predicted molar refractivity (Wildman–Crippen MR) is 124 cm³/mol. The minimum absolute atomic E-state index is 0.0173. The fraction of sp³-hybridized carbons (Fsp3) is 0.208. The molecule has 0 amide bonds. The van der Waals surface area contributed by atoms with Gasteiger partial charge in [0.2, 0.25) is 5.89 Å². The van der Waals surface area contributed by atoms with Crippen LogP contribution in [0.25, 0.3) is 34.2 Å². The molecule has 5 aromatic rings. The Labute approximate surface area is 197 Å². The minimum Gasteiger partial charge on any atom is -0.432 e. The van der Waals surface area contributed by atoms with E-state index in [1.807, 2.05) is 19.9 Å². The topological polar surface area (TPSA) is 91.1 Å². The van der Waals surface area contributed by atoms with Gasteiger partial charge in [0.1, 0.15) is 11.5 Å². The van der Waals surface area contributed by atoms with Crippen molar-refractivity contribution in [2.75, 3.05) is 0 Å². The van der Waals surface area contributed by atoms with Crippen molar-refractivity contribution in [2.24, 2.45) is 0 Å². The van der Waals surface area contributed by atoms with Crippen molar-refractivity contribution in [2.45, 2.75) is 32.6 Å². The molecule has 0 N–H and O–H groups in total. The Morgan fingerprint density at radius 1 is 1.12 bits per heavy atom. The van der Waals surface area contributed by atoms with Crippen LogP contribution in [0.4, 0.5) is 4.39 Å². The highest BCUT2D eigenvalue weighted by Crippen LogP contribution is 2.38. The predicted octanol–water partition coefficient (Wildman–Crippen LogP) is 4.88. The molecule has 34 heavy (non-hydrogen) atoms. The molecule has 6 rings (SSSR count). The highest BCUT2D eigenvalue weighted by Gasteiger charge is 2.27. The van der Waals surface area contributed by atoms with Gasteiger partial charge >= 0.3 is 5.69 Å². The fourth-order valence-corrected chi connectivity index (χ4v) is 4.11. The summed E-state index contributed by atoms with van der Waals surface area (Å²) in [7, 11) is 0. The zero-order chi connectivity index (χ0) is 23.6. The number of oxazole rings is 1. The van der Waals surface area contributed by atoms with Crippen LogP contribution >= 0.6 is 11.6 Å². The van der Waals surface area contributed by atoms with Gasteiger partial charge < -0.3 is 4.42 Å². The van der Waals surface area contributed by atoms with Crippen molar-refractivity contribution >= 4 is 17.1 Å². The lowest BCUT2D eigenvalue weighted by atomic mass is 10.1. The lowest BCUT2D eigenvalue weighted by molar-refractivity contribution is 0.582. The number of rotatable bonds is 4. The monoisotopic (exact) mass is 476 g/mol. The number of aromatic nitrogens is 6. The second kappa shape index (κ2) is 7.59. The first-order chi connectivity index (χ1) is 16.4. The molecule has 4 aromatic heterocycles. The normalized spacial score (nSPS) is 13.6. The standard InChI is InChI=1S/C24H18ClFN6O2/c1-12-11-32-20(13(2)27-12)10-19(30-32)23-29-22(21(34-23)15-5-6-16(25)17(26)9-15)31-8-7-18(14-3-4-14)28-24(31)33/h5-11,14H,3-4H2,1-2H3. The number of hydrogen-bond acceptors (Lipinski definition) is 6. The summed E-state index contributed by atoms with van der Waals surface area (Å²) in [6, 6.07) is 7.90. The van der Waals surface area contributed by atoms with Crippen LogP contribution in [0.1, 0.15) is 35.8 Å². The van der Waals surface area contributed by atoms with Gasteiger partial charge in [-0.1, -0.05) is 11.6 Å². The molecule has 0 saturated heterocycles. The molecule has 170 valence electrons. The molecule has 0 radical (unpaired) electrons. The highest BCUT2D eigenvalue weighted by atomic mass is 35.5. The van der Waals surface area contributed by atoms with Gasteiger partial charge in [0.05, 0.1) is 33.8 Å². The molecular formula is C24H18ClFN6O2. The van der Waals surface area contributed by atoms with E-state index < -0.39 is 11.5 Å². The average molecular weight is 477 g/mol. The number of aryl methyl sites for hydroxylation is 2. The Bertz CT molecular complexity index is 1650. The Kier molecular flexibility index (Phi) is 4.63. The van der Waals surface area contributed by atoms with Crippen LogP contribution < -0.4 is 5.69 Å². The summed E-state index contributed by atoms with van der Waals surface area (Å²) >= 11 is 5.87. The van der Waals surface area contributed by atoms with Gasteiger partial charge in [-0.05, 0) is 57.0 Å². The summed E-state index contributed by atoms with van der Waals surface area (Å²) < 4.78 is 23.4. The molecule has 10 heteroatoms. The van der Waals surface area contributed by atoms with E-state index in [1.54, 1.807) is 29.0 Å². The zero-order valence-electron chi connectivity index (χ0n) is 18.3. The van der Waals surface area contributed by atoms with E-state index in [9.17, 15) is 9.18 Å². The molecule has 0 bridgehead atoms. The van der Waals surface area contributed by atoms with Gasteiger partial charge in [-0.15, -0.1) is 0 Å². The molecule has 0 spiro atoms. The first-order valence-electron chi connectivity index (χ1n) is 10.8. The van der Waals surface area contributed by atoms with Crippen molar-refractivity contribution in [3.05, 3.63) is 81.1 Å².